The van der Waals surface area contributed by atoms with Gasteiger partial charge in [-0.15, -0.1) is 0 Å². The molecule has 0 radical (unpaired) electrons. The van der Waals surface area contributed by atoms with Gasteiger partial charge in [0.05, 0.1) is 16.2 Å². The van der Waals surface area contributed by atoms with Crippen molar-refractivity contribution in [1.82, 2.24) is 0 Å². The van der Waals surface area contributed by atoms with Crippen LogP contribution in [0.1, 0.15) is 31.2 Å². The standard InChI is InChI=1S/C16H19N3O2/c1-18(10-14-7-11-2-3-12(14)6-11)16-5-4-15(19(20)21)8-13(16)9-17/h4-5,8,11-12,14H,2-3,6-7,10H2,1H3. The number of nitro benzene ring substituents is 1. The summed E-state index contributed by atoms with van der Waals surface area (Å²) >= 11 is 0. The lowest BCUT2D eigenvalue weighted by atomic mass is 9.88. The molecule has 1 aromatic rings. The maximum Gasteiger partial charge on any atom is 0.270 e. The molecule has 5 nitrogen and oxygen atoms in total. The van der Waals surface area contributed by atoms with Gasteiger partial charge in [0.1, 0.15) is 6.07 Å². The second kappa shape index (κ2) is 5.36. The highest BCUT2D eigenvalue weighted by atomic mass is 16.6. The van der Waals surface area contributed by atoms with Gasteiger partial charge < -0.3 is 4.90 Å². The SMILES string of the molecule is CN(CC1CC2CCC1C2)c1ccc([N+](=O)[O-])cc1C#N. The Kier molecular flexibility index (Phi) is 3.54. The van der Waals surface area contributed by atoms with Gasteiger partial charge in [-0.3, -0.25) is 10.1 Å². The molecule has 0 saturated heterocycles. The Hall–Kier alpha value is -2.09. The molecule has 0 heterocycles. The number of hydrogen-bond acceptors (Lipinski definition) is 4. The lowest BCUT2D eigenvalue weighted by Crippen LogP contribution is -2.29. The van der Waals surface area contributed by atoms with E-state index in [4.69, 9.17) is 0 Å². The average Bonchev–Trinajstić information content (AvgIpc) is 3.08. The third-order valence-electron chi connectivity index (χ3n) is 5.12. The van der Waals surface area contributed by atoms with Crippen LogP contribution in [0.5, 0.6) is 0 Å². The van der Waals surface area contributed by atoms with E-state index in [-0.39, 0.29) is 5.69 Å². The summed E-state index contributed by atoms with van der Waals surface area (Å²) in [4.78, 5) is 12.4. The molecule has 2 bridgehead atoms. The third-order valence-corrected chi connectivity index (χ3v) is 5.12. The normalized spacial score (nSPS) is 26.6. The van der Waals surface area contributed by atoms with E-state index < -0.39 is 4.92 Å². The van der Waals surface area contributed by atoms with Crippen LogP contribution < -0.4 is 4.90 Å². The first kappa shape index (κ1) is 13.9. The molecule has 21 heavy (non-hydrogen) atoms. The zero-order valence-corrected chi connectivity index (χ0v) is 12.2. The summed E-state index contributed by atoms with van der Waals surface area (Å²) in [5, 5.41) is 20.0. The molecule has 0 aliphatic heterocycles. The van der Waals surface area contributed by atoms with Crippen LogP contribution in [0.2, 0.25) is 0 Å². The zero-order chi connectivity index (χ0) is 15.0. The second-order valence-corrected chi connectivity index (χ2v) is 6.39. The number of hydrogen-bond donors (Lipinski definition) is 0. The summed E-state index contributed by atoms with van der Waals surface area (Å²) < 4.78 is 0. The number of non-ortho nitro benzene ring substituents is 1. The predicted molar refractivity (Wildman–Crippen MR) is 80.0 cm³/mol. The highest BCUT2D eigenvalue weighted by molar-refractivity contribution is 5.62. The lowest BCUT2D eigenvalue weighted by molar-refractivity contribution is -0.384. The predicted octanol–water partition coefficient (Wildman–Crippen LogP) is 3.34. The molecule has 1 aromatic carbocycles. The minimum atomic E-state index is -0.458. The number of fused-ring (bicyclic) bond motifs is 2. The van der Waals surface area contributed by atoms with Gasteiger partial charge in [0, 0.05) is 25.7 Å². The van der Waals surface area contributed by atoms with Crippen molar-refractivity contribution in [2.45, 2.75) is 25.7 Å². The van der Waals surface area contributed by atoms with Crippen LogP contribution in [0.25, 0.3) is 0 Å². The van der Waals surface area contributed by atoms with Gasteiger partial charge in [-0.05, 0) is 43.1 Å². The molecule has 0 amide bonds. The Morgan fingerprint density at radius 3 is 2.81 bits per heavy atom. The monoisotopic (exact) mass is 285 g/mol. The minimum Gasteiger partial charge on any atom is -0.373 e. The molecule has 0 aromatic heterocycles. The first-order valence-corrected chi connectivity index (χ1v) is 7.48. The molecule has 5 heteroatoms. The molecular weight excluding hydrogens is 266 g/mol. The molecule has 2 aliphatic carbocycles. The zero-order valence-electron chi connectivity index (χ0n) is 12.2. The van der Waals surface area contributed by atoms with Crippen molar-refractivity contribution >= 4 is 11.4 Å². The van der Waals surface area contributed by atoms with E-state index in [2.05, 4.69) is 11.0 Å². The van der Waals surface area contributed by atoms with Crippen molar-refractivity contribution in [2.75, 3.05) is 18.5 Å². The van der Waals surface area contributed by atoms with Gasteiger partial charge in [0.15, 0.2) is 0 Å². The van der Waals surface area contributed by atoms with E-state index in [0.717, 1.165) is 24.1 Å². The van der Waals surface area contributed by atoms with Gasteiger partial charge in [-0.2, -0.15) is 5.26 Å². The number of rotatable bonds is 4. The van der Waals surface area contributed by atoms with Crippen LogP contribution in [-0.4, -0.2) is 18.5 Å². The van der Waals surface area contributed by atoms with Crippen LogP contribution in [0.15, 0.2) is 18.2 Å². The van der Waals surface area contributed by atoms with Crippen molar-refractivity contribution in [1.29, 1.82) is 5.26 Å². The number of nitro groups is 1. The maximum atomic E-state index is 10.8. The van der Waals surface area contributed by atoms with Gasteiger partial charge in [0.25, 0.3) is 5.69 Å². The molecule has 2 fully saturated rings. The Morgan fingerprint density at radius 2 is 2.24 bits per heavy atom. The van der Waals surface area contributed by atoms with Crippen LogP contribution in [0, 0.1) is 39.2 Å². The van der Waals surface area contributed by atoms with Crippen molar-refractivity contribution in [3.63, 3.8) is 0 Å². The van der Waals surface area contributed by atoms with Crippen molar-refractivity contribution < 1.29 is 4.92 Å². The second-order valence-electron chi connectivity index (χ2n) is 6.39. The Labute approximate surface area is 124 Å². The summed E-state index contributed by atoms with van der Waals surface area (Å²) in [6.07, 6.45) is 5.38. The van der Waals surface area contributed by atoms with E-state index in [1.54, 1.807) is 6.07 Å². The van der Waals surface area contributed by atoms with Gasteiger partial charge in [-0.25, -0.2) is 0 Å². The fraction of sp³-hybridized carbons (Fsp3) is 0.562. The molecule has 0 spiro atoms. The van der Waals surface area contributed by atoms with Crippen LogP contribution in [0.3, 0.4) is 0 Å². The van der Waals surface area contributed by atoms with Crippen LogP contribution in [-0.2, 0) is 0 Å². The third kappa shape index (κ3) is 2.58. The molecular formula is C16H19N3O2. The Morgan fingerprint density at radius 1 is 1.43 bits per heavy atom. The lowest BCUT2D eigenvalue weighted by Gasteiger charge is -2.29. The average molecular weight is 285 g/mol. The summed E-state index contributed by atoms with van der Waals surface area (Å²) in [7, 11) is 1.98. The molecule has 110 valence electrons. The van der Waals surface area contributed by atoms with E-state index in [0.29, 0.717) is 11.5 Å². The topological polar surface area (TPSA) is 70.2 Å². The smallest absolute Gasteiger partial charge is 0.270 e. The minimum absolute atomic E-state index is 0.0244. The highest BCUT2D eigenvalue weighted by Gasteiger charge is 2.39. The largest absolute Gasteiger partial charge is 0.373 e. The van der Waals surface area contributed by atoms with E-state index in [1.165, 1.54) is 37.8 Å². The van der Waals surface area contributed by atoms with Crippen molar-refractivity contribution in [2.24, 2.45) is 17.8 Å². The first-order valence-electron chi connectivity index (χ1n) is 7.48. The van der Waals surface area contributed by atoms with Crippen LogP contribution >= 0.6 is 0 Å². The molecule has 3 unspecified atom stereocenters. The highest BCUT2D eigenvalue weighted by Crippen LogP contribution is 2.48. The summed E-state index contributed by atoms with van der Waals surface area (Å²) in [5.74, 6) is 2.44. The van der Waals surface area contributed by atoms with E-state index in [9.17, 15) is 15.4 Å². The molecule has 3 rings (SSSR count). The number of benzene rings is 1. The quantitative estimate of drug-likeness (QED) is 0.628. The Bertz CT molecular complexity index is 608. The summed E-state index contributed by atoms with van der Waals surface area (Å²) in [5.41, 5.74) is 1.16. The van der Waals surface area contributed by atoms with Gasteiger partial charge in [-0.1, -0.05) is 6.42 Å². The maximum absolute atomic E-state index is 10.8. The molecule has 2 saturated carbocycles. The van der Waals surface area contributed by atoms with Crippen LogP contribution in [0.4, 0.5) is 11.4 Å². The van der Waals surface area contributed by atoms with Gasteiger partial charge >= 0.3 is 0 Å². The van der Waals surface area contributed by atoms with Gasteiger partial charge in [0.2, 0.25) is 0 Å². The Balaban J connectivity index is 1.76. The first-order chi connectivity index (χ1) is 10.1. The fourth-order valence-corrected chi connectivity index (χ4v) is 4.11. The van der Waals surface area contributed by atoms with Crippen molar-refractivity contribution in [3.8, 4) is 6.07 Å². The molecule has 0 N–H and O–H groups in total. The fourth-order valence-electron chi connectivity index (χ4n) is 4.11. The summed E-state index contributed by atoms with van der Waals surface area (Å²) in [6.45, 7) is 0.938. The number of anilines is 1. The number of nitriles is 1. The molecule has 3 atom stereocenters. The summed E-state index contributed by atoms with van der Waals surface area (Å²) in [6, 6.07) is 6.63. The van der Waals surface area contributed by atoms with Crippen molar-refractivity contribution in [3.05, 3.63) is 33.9 Å². The molecule has 2 aliphatic rings. The van der Waals surface area contributed by atoms with E-state index in [1.807, 2.05) is 7.05 Å². The van der Waals surface area contributed by atoms with E-state index >= 15 is 0 Å². The number of nitrogens with zero attached hydrogens (tertiary/aromatic N) is 3.